The number of halogens is 1. The number of anilines is 1. The van der Waals surface area contributed by atoms with Crippen molar-refractivity contribution in [3.05, 3.63) is 29.1 Å². The predicted octanol–water partition coefficient (Wildman–Crippen LogP) is 3.36. The summed E-state index contributed by atoms with van der Waals surface area (Å²) in [6.45, 7) is 9.99. The zero-order chi connectivity index (χ0) is 14.2. The molecule has 3 rings (SSSR count). The first-order valence-electron chi connectivity index (χ1n) is 7.30. The molecule has 1 aromatic carbocycles. The van der Waals surface area contributed by atoms with E-state index in [1.165, 1.54) is 6.42 Å². The molecule has 2 unspecified atom stereocenters. The number of aryl methyl sites for hydroxylation is 1. The van der Waals surface area contributed by atoms with Gasteiger partial charge >= 0.3 is 0 Å². The van der Waals surface area contributed by atoms with Gasteiger partial charge in [-0.05, 0) is 50.6 Å². The van der Waals surface area contributed by atoms with Crippen LogP contribution in [-0.2, 0) is 0 Å². The van der Waals surface area contributed by atoms with E-state index in [-0.39, 0.29) is 5.82 Å². The Labute approximate surface area is 116 Å². The molecule has 106 valence electrons. The third-order valence-corrected chi connectivity index (χ3v) is 4.43. The molecule has 2 saturated heterocycles. The van der Waals surface area contributed by atoms with Gasteiger partial charge in [0.25, 0.3) is 0 Å². The lowest BCUT2D eigenvalue weighted by molar-refractivity contribution is 0.292. The van der Waals surface area contributed by atoms with E-state index in [2.05, 4.69) is 22.9 Å². The number of nitrogens with zero attached hydrogens (tertiary/aromatic N) is 2. The molecular weight excluding hydrogens is 239 g/mol. The largest absolute Gasteiger partial charge is 0.366 e. The summed E-state index contributed by atoms with van der Waals surface area (Å²) >= 11 is 0. The van der Waals surface area contributed by atoms with E-state index in [9.17, 15) is 4.39 Å². The lowest BCUT2D eigenvalue weighted by Crippen LogP contribution is -2.44. The molecule has 3 heteroatoms. The maximum Gasteiger partial charge on any atom is 0.128 e. The molecular formula is C16H25FN2. The summed E-state index contributed by atoms with van der Waals surface area (Å²) in [6.07, 6.45) is 1.23. The van der Waals surface area contributed by atoms with E-state index in [0.717, 1.165) is 29.9 Å². The summed E-state index contributed by atoms with van der Waals surface area (Å²) in [5.41, 5.74) is 2.89. The smallest absolute Gasteiger partial charge is 0.128 e. The van der Waals surface area contributed by atoms with Crippen molar-refractivity contribution in [3.63, 3.8) is 0 Å². The lowest BCUT2D eigenvalue weighted by atomic mass is 10.1. The molecule has 0 radical (unpaired) electrons. The average Bonchev–Trinajstić information content (AvgIpc) is 2.96. The van der Waals surface area contributed by atoms with Gasteiger partial charge in [0.2, 0.25) is 0 Å². The Morgan fingerprint density at radius 2 is 1.79 bits per heavy atom. The molecule has 1 aromatic rings. The van der Waals surface area contributed by atoms with Crippen molar-refractivity contribution in [1.82, 2.24) is 4.90 Å². The van der Waals surface area contributed by atoms with Crippen LogP contribution >= 0.6 is 0 Å². The van der Waals surface area contributed by atoms with Gasteiger partial charge in [-0.2, -0.15) is 0 Å². The maximum absolute atomic E-state index is 13.8. The topological polar surface area (TPSA) is 6.48 Å². The van der Waals surface area contributed by atoms with Crippen LogP contribution in [0.1, 0.15) is 31.4 Å². The quantitative estimate of drug-likeness (QED) is 0.767. The Hall–Kier alpha value is -1.09. The molecule has 2 bridgehead atoms. The highest BCUT2D eigenvalue weighted by Crippen LogP contribution is 2.34. The van der Waals surface area contributed by atoms with Crippen LogP contribution in [0.2, 0.25) is 0 Å². The third kappa shape index (κ3) is 2.48. The number of piperazine rings is 1. The molecule has 2 aliphatic rings. The molecule has 19 heavy (non-hydrogen) atoms. The molecule has 0 saturated carbocycles. The van der Waals surface area contributed by atoms with Gasteiger partial charge < -0.3 is 4.90 Å². The second-order valence-corrected chi connectivity index (χ2v) is 5.50. The molecule has 2 fully saturated rings. The van der Waals surface area contributed by atoms with Crippen LogP contribution in [0, 0.1) is 19.7 Å². The summed E-state index contributed by atoms with van der Waals surface area (Å²) in [4.78, 5) is 4.79. The first-order valence-corrected chi connectivity index (χ1v) is 7.30. The van der Waals surface area contributed by atoms with Crippen molar-refractivity contribution in [3.8, 4) is 0 Å². The minimum Gasteiger partial charge on any atom is -0.366 e. The average molecular weight is 264 g/mol. The highest BCUT2D eigenvalue weighted by atomic mass is 19.1. The van der Waals surface area contributed by atoms with Crippen molar-refractivity contribution in [2.24, 2.45) is 0 Å². The van der Waals surface area contributed by atoms with Crippen LogP contribution in [0.3, 0.4) is 0 Å². The fourth-order valence-electron chi connectivity index (χ4n) is 3.15. The maximum atomic E-state index is 13.8. The first-order chi connectivity index (χ1) is 9.06. The lowest BCUT2D eigenvalue weighted by Gasteiger charge is -2.34. The van der Waals surface area contributed by atoms with E-state index in [1.54, 1.807) is 6.07 Å². The molecule has 2 atom stereocenters. The summed E-state index contributed by atoms with van der Waals surface area (Å²) in [7, 11) is 2.18. The van der Waals surface area contributed by atoms with E-state index in [1.807, 2.05) is 27.7 Å². The molecule has 0 aromatic heterocycles. The van der Waals surface area contributed by atoms with Crippen molar-refractivity contribution >= 4 is 5.69 Å². The second kappa shape index (κ2) is 5.49. The molecule has 0 amide bonds. The van der Waals surface area contributed by atoms with Crippen molar-refractivity contribution in [2.45, 2.75) is 46.2 Å². The first kappa shape index (κ1) is 14.3. The van der Waals surface area contributed by atoms with Gasteiger partial charge in [-0.15, -0.1) is 0 Å². The Balaban J connectivity index is 0.000000637. The summed E-state index contributed by atoms with van der Waals surface area (Å²) in [5, 5.41) is 0. The van der Waals surface area contributed by atoms with E-state index in [0.29, 0.717) is 12.1 Å². The van der Waals surface area contributed by atoms with Crippen LogP contribution in [0.4, 0.5) is 10.1 Å². The third-order valence-electron chi connectivity index (χ3n) is 4.43. The number of benzene rings is 1. The van der Waals surface area contributed by atoms with Gasteiger partial charge in [0.05, 0.1) is 0 Å². The number of likely N-dealkylation sites (N-methyl/N-ethyl adjacent to an activating group) is 1. The minimum absolute atomic E-state index is 0.0730. The van der Waals surface area contributed by atoms with Crippen molar-refractivity contribution < 1.29 is 4.39 Å². The fraction of sp³-hybridized carbons (Fsp3) is 0.625. The molecule has 0 spiro atoms. The molecule has 2 heterocycles. The highest BCUT2D eigenvalue weighted by molar-refractivity contribution is 5.54. The van der Waals surface area contributed by atoms with Crippen molar-refractivity contribution in [2.75, 3.05) is 25.0 Å². The number of hydrogen-bond acceptors (Lipinski definition) is 2. The number of likely N-dealkylation sites (tertiary alicyclic amines) is 1. The van der Waals surface area contributed by atoms with Gasteiger partial charge in [-0.3, -0.25) is 4.90 Å². The van der Waals surface area contributed by atoms with Crippen LogP contribution in [0.15, 0.2) is 12.1 Å². The van der Waals surface area contributed by atoms with E-state index < -0.39 is 0 Å². The van der Waals surface area contributed by atoms with Crippen LogP contribution in [-0.4, -0.2) is 37.1 Å². The van der Waals surface area contributed by atoms with Gasteiger partial charge in [0, 0.05) is 30.9 Å². The Morgan fingerprint density at radius 3 is 2.26 bits per heavy atom. The minimum atomic E-state index is -0.0730. The SMILES string of the molecule is CC.Cc1cc(N2CC3CC2CN3C)cc(F)c1C. The summed E-state index contributed by atoms with van der Waals surface area (Å²) in [5.74, 6) is -0.0730. The van der Waals surface area contributed by atoms with Crippen LogP contribution in [0.25, 0.3) is 0 Å². The zero-order valence-electron chi connectivity index (χ0n) is 12.7. The van der Waals surface area contributed by atoms with Crippen LogP contribution < -0.4 is 4.90 Å². The molecule has 2 aliphatic heterocycles. The fourth-order valence-corrected chi connectivity index (χ4v) is 3.15. The van der Waals surface area contributed by atoms with Crippen LogP contribution in [0.5, 0.6) is 0 Å². The van der Waals surface area contributed by atoms with Gasteiger partial charge in [-0.25, -0.2) is 4.39 Å². The molecule has 0 N–H and O–H groups in total. The summed E-state index contributed by atoms with van der Waals surface area (Å²) in [6, 6.07) is 5.05. The van der Waals surface area contributed by atoms with Gasteiger partial charge in [0.15, 0.2) is 0 Å². The Morgan fingerprint density at radius 1 is 1.11 bits per heavy atom. The second-order valence-electron chi connectivity index (χ2n) is 5.50. The monoisotopic (exact) mass is 264 g/mol. The van der Waals surface area contributed by atoms with E-state index >= 15 is 0 Å². The highest BCUT2D eigenvalue weighted by Gasteiger charge is 2.41. The predicted molar refractivity (Wildman–Crippen MR) is 79.4 cm³/mol. The van der Waals surface area contributed by atoms with Gasteiger partial charge in [-0.1, -0.05) is 13.8 Å². The number of hydrogen-bond donors (Lipinski definition) is 0. The van der Waals surface area contributed by atoms with Gasteiger partial charge in [0.1, 0.15) is 5.82 Å². The molecule has 0 aliphatic carbocycles. The van der Waals surface area contributed by atoms with Crippen molar-refractivity contribution in [1.29, 1.82) is 0 Å². The summed E-state index contributed by atoms with van der Waals surface area (Å²) < 4.78 is 13.8. The number of rotatable bonds is 1. The normalized spacial score (nSPS) is 25.5. The number of fused-ring (bicyclic) bond motifs is 2. The Bertz CT molecular complexity index is 433. The Kier molecular flexibility index (Phi) is 4.14. The van der Waals surface area contributed by atoms with E-state index in [4.69, 9.17) is 0 Å². The zero-order valence-corrected chi connectivity index (χ0v) is 12.7. The standard InChI is InChI=1S/C14H19FN2.C2H6/c1-9-4-11(6-14(15)10(9)2)17-8-12-5-13(17)7-16(12)3;1-2/h4,6,12-13H,5,7-8H2,1-3H3;1-2H3. The molecule has 2 nitrogen and oxygen atoms in total.